The van der Waals surface area contributed by atoms with Crippen molar-refractivity contribution in [2.45, 2.75) is 25.9 Å². The number of amides is 1. The molecule has 0 saturated carbocycles. The molecule has 20 heavy (non-hydrogen) atoms. The Morgan fingerprint density at radius 1 is 1.50 bits per heavy atom. The second-order valence-electron chi connectivity index (χ2n) is 4.79. The molecule has 0 bridgehead atoms. The van der Waals surface area contributed by atoms with Crippen LogP contribution in [0.5, 0.6) is 0 Å². The first-order valence-corrected chi connectivity index (χ1v) is 7.23. The predicted molar refractivity (Wildman–Crippen MR) is 76.1 cm³/mol. The van der Waals surface area contributed by atoms with Gasteiger partial charge in [-0.25, -0.2) is 4.98 Å². The molecule has 1 aliphatic heterocycles. The Labute approximate surface area is 125 Å². The maximum Gasteiger partial charge on any atom is 0.256 e. The van der Waals surface area contributed by atoms with Gasteiger partial charge in [0, 0.05) is 26.2 Å². The highest BCUT2D eigenvalue weighted by atomic mass is 79.9. The van der Waals surface area contributed by atoms with Crippen LogP contribution in [-0.2, 0) is 19.5 Å². The molecule has 3 heterocycles. The Balaban J connectivity index is 1.78. The van der Waals surface area contributed by atoms with Crippen molar-refractivity contribution in [1.29, 1.82) is 0 Å². The summed E-state index contributed by atoms with van der Waals surface area (Å²) in [6.45, 7) is 1.39. The fourth-order valence-corrected chi connectivity index (χ4v) is 2.78. The van der Waals surface area contributed by atoms with Crippen LogP contribution in [0.15, 0.2) is 22.9 Å². The second-order valence-corrected chi connectivity index (χ2v) is 5.54. The summed E-state index contributed by atoms with van der Waals surface area (Å²) >= 11 is 3.30. The fraction of sp³-hybridized carbons (Fsp3) is 0.385. The molecule has 0 aliphatic carbocycles. The lowest BCUT2D eigenvalue weighted by Crippen LogP contribution is -2.28. The van der Waals surface area contributed by atoms with E-state index in [0.29, 0.717) is 16.7 Å². The molecule has 0 N–H and O–H groups in total. The van der Waals surface area contributed by atoms with E-state index in [1.54, 1.807) is 30.3 Å². The average molecular weight is 336 g/mol. The number of carbonyl (C=O) groups excluding carboxylic acids is 1. The van der Waals surface area contributed by atoms with Gasteiger partial charge < -0.3 is 9.47 Å². The quantitative estimate of drug-likeness (QED) is 0.800. The highest BCUT2D eigenvalue weighted by Crippen LogP contribution is 2.18. The van der Waals surface area contributed by atoms with Crippen molar-refractivity contribution in [3.63, 3.8) is 0 Å². The summed E-state index contributed by atoms with van der Waals surface area (Å²) in [5, 5.41) is 8.32. The van der Waals surface area contributed by atoms with Crippen molar-refractivity contribution in [2.24, 2.45) is 0 Å². The van der Waals surface area contributed by atoms with Gasteiger partial charge in [0.2, 0.25) is 0 Å². The Kier molecular flexibility index (Phi) is 3.52. The normalized spacial score (nSPS) is 13.3. The smallest absolute Gasteiger partial charge is 0.256 e. The van der Waals surface area contributed by atoms with Gasteiger partial charge in [0.15, 0.2) is 5.82 Å². The Morgan fingerprint density at radius 2 is 2.35 bits per heavy atom. The van der Waals surface area contributed by atoms with Crippen LogP contribution in [0.2, 0.25) is 0 Å². The molecular weight excluding hydrogens is 322 g/mol. The van der Waals surface area contributed by atoms with E-state index in [0.717, 1.165) is 31.0 Å². The molecule has 3 rings (SSSR count). The SMILES string of the molecule is CN(Cc1nnc2n1CCC2)C(=O)c1cccnc1Br. The van der Waals surface area contributed by atoms with E-state index in [-0.39, 0.29) is 5.91 Å². The number of aryl methyl sites for hydroxylation is 1. The molecule has 0 unspecified atom stereocenters. The van der Waals surface area contributed by atoms with Crippen LogP contribution in [0.4, 0.5) is 0 Å². The number of halogens is 1. The molecule has 6 nitrogen and oxygen atoms in total. The molecular formula is C13H14BrN5O. The number of pyridine rings is 1. The van der Waals surface area contributed by atoms with Crippen LogP contribution in [0.1, 0.15) is 28.4 Å². The van der Waals surface area contributed by atoms with Crippen LogP contribution in [-0.4, -0.2) is 37.6 Å². The van der Waals surface area contributed by atoms with Crippen molar-refractivity contribution < 1.29 is 4.79 Å². The van der Waals surface area contributed by atoms with Crippen molar-refractivity contribution in [3.05, 3.63) is 40.1 Å². The van der Waals surface area contributed by atoms with E-state index in [1.807, 2.05) is 0 Å². The lowest BCUT2D eigenvalue weighted by molar-refractivity contribution is 0.0778. The van der Waals surface area contributed by atoms with E-state index in [9.17, 15) is 4.79 Å². The molecule has 0 saturated heterocycles. The zero-order chi connectivity index (χ0) is 14.1. The number of fused-ring (bicyclic) bond motifs is 1. The van der Waals surface area contributed by atoms with E-state index in [2.05, 4.69) is 35.7 Å². The van der Waals surface area contributed by atoms with Crippen LogP contribution in [0.3, 0.4) is 0 Å². The van der Waals surface area contributed by atoms with E-state index in [4.69, 9.17) is 0 Å². The van der Waals surface area contributed by atoms with Gasteiger partial charge >= 0.3 is 0 Å². The number of hydrogen-bond acceptors (Lipinski definition) is 4. The summed E-state index contributed by atoms with van der Waals surface area (Å²) in [4.78, 5) is 18.1. The number of carbonyl (C=O) groups is 1. The second kappa shape index (κ2) is 5.32. The first-order valence-electron chi connectivity index (χ1n) is 6.44. The Bertz CT molecular complexity index is 654. The maximum atomic E-state index is 12.4. The van der Waals surface area contributed by atoms with Crippen LogP contribution in [0, 0.1) is 0 Å². The molecule has 0 fully saturated rings. The lowest BCUT2D eigenvalue weighted by atomic mass is 10.2. The molecule has 104 valence electrons. The van der Waals surface area contributed by atoms with E-state index >= 15 is 0 Å². The Hall–Kier alpha value is -1.76. The third-order valence-corrected chi connectivity index (χ3v) is 4.03. The first-order chi connectivity index (χ1) is 9.66. The number of hydrogen-bond donors (Lipinski definition) is 0. The molecule has 0 spiro atoms. The molecule has 0 radical (unpaired) electrons. The summed E-state index contributed by atoms with van der Waals surface area (Å²) in [6.07, 6.45) is 3.72. The third-order valence-electron chi connectivity index (χ3n) is 3.40. The predicted octanol–water partition coefficient (Wildman–Crippen LogP) is 1.65. The van der Waals surface area contributed by atoms with Gasteiger partial charge in [0.05, 0.1) is 12.1 Å². The van der Waals surface area contributed by atoms with Gasteiger partial charge in [-0.1, -0.05) is 0 Å². The third kappa shape index (κ3) is 2.33. The summed E-state index contributed by atoms with van der Waals surface area (Å²) in [6, 6.07) is 3.50. The highest BCUT2D eigenvalue weighted by Gasteiger charge is 2.21. The van der Waals surface area contributed by atoms with E-state index < -0.39 is 0 Å². The summed E-state index contributed by atoms with van der Waals surface area (Å²) < 4.78 is 2.66. The molecule has 1 aliphatic rings. The van der Waals surface area contributed by atoms with Gasteiger partial charge in [0.1, 0.15) is 10.4 Å². The zero-order valence-corrected chi connectivity index (χ0v) is 12.7. The van der Waals surface area contributed by atoms with Crippen LogP contribution >= 0.6 is 15.9 Å². The number of rotatable bonds is 3. The van der Waals surface area contributed by atoms with Crippen molar-refractivity contribution in [1.82, 2.24) is 24.6 Å². The monoisotopic (exact) mass is 335 g/mol. The molecule has 2 aromatic rings. The summed E-state index contributed by atoms with van der Waals surface area (Å²) in [7, 11) is 1.76. The standard InChI is InChI=1S/C13H14BrN5O/c1-18(13(20)9-4-2-6-15-12(9)14)8-11-17-16-10-5-3-7-19(10)11/h2,4,6H,3,5,7-8H2,1H3. The summed E-state index contributed by atoms with van der Waals surface area (Å²) in [5.74, 6) is 1.78. The fourth-order valence-electron chi connectivity index (χ4n) is 2.36. The van der Waals surface area contributed by atoms with Crippen LogP contribution < -0.4 is 0 Å². The van der Waals surface area contributed by atoms with Crippen molar-refractivity contribution >= 4 is 21.8 Å². The maximum absolute atomic E-state index is 12.4. The number of nitrogens with zero attached hydrogens (tertiary/aromatic N) is 5. The van der Waals surface area contributed by atoms with Gasteiger partial charge in [0.25, 0.3) is 5.91 Å². The first kappa shape index (κ1) is 13.2. The number of aromatic nitrogens is 4. The Morgan fingerprint density at radius 3 is 3.15 bits per heavy atom. The molecule has 0 atom stereocenters. The largest absolute Gasteiger partial charge is 0.334 e. The van der Waals surface area contributed by atoms with Crippen molar-refractivity contribution in [3.8, 4) is 0 Å². The topological polar surface area (TPSA) is 63.9 Å². The minimum absolute atomic E-state index is 0.0830. The molecule has 7 heteroatoms. The van der Waals surface area contributed by atoms with E-state index in [1.165, 1.54) is 0 Å². The van der Waals surface area contributed by atoms with Gasteiger partial charge in [-0.2, -0.15) is 0 Å². The minimum Gasteiger partial charge on any atom is -0.334 e. The molecule has 2 aromatic heterocycles. The molecule has 1 amide bonds. The highest BCUT2D eigenvalue weighted by molar-refractivity contribution is 9.10. The van der Waals surface area contributed by atoms with Gasteiger partial charge in [-0.15, -0.1) is 10.2 Å². The lowest BCUT2D eigenvalue weighted by Gasteiger charge is -2.17. The average Bonchev–Trinajstić information content (AvgIpc) is 3.03. The van der Waals surface area contributed by atoms with Gasteiger partial charge in [-0.3, -0.25) is 4.79 Å². The van der Waals surface area contributed by atoms with Crippen molar-refractivity contribution in [2.75, 3.05) is 7.05 Å². The molecule has 0 aromatic carbocycles. The van der Waals surface area contributed by atoms with Gasteiger partial charge in [-0.05, 0) is 34.5 Å². The minimum atomic E-state index is -0.0830. The zero-order valence-electron chi connectivity index (χ0n) is 11.1. The summed E-state index contributed by atoms with van der Waals surface area (Å²) in [5.41, 5.74) is 0.552. The van der Waals surface area contributed by atoms with Crippen LogP contribution in [0.25, 0.3) is 0 Å².